The molecule has 0 radical (unpaired) electrons. The van der Waals surface area contributed by atoms with Gasteiger partial charge in [0, 0.05) is 17.1 Å². The Kier molecular flexibility index (Phi) is 3.77. The van der Waals surface area contributed by atoms with Crippen LogP contribution in [-0.4, -0.2) is 19.3 Å². The Morgan fingerprint density at radius 1 is 1.29 bits per heavy atom. The minimum atomic E-state index is -3.51. The average molecular weight is 322 g/mol. The first-order valence-electron chi connectivity index (χ1n) is 6.92. The minimum absolute atomic E-state index is 0.0455. The molecular formula is C15H18N2O2S2. The Morgan fingerprint density at radius 2 is 2.10 bits per heavy atom. The van der Waals surface area contributed by atoms with E-state index in [1.165, 1.54) is 0 Å². The van der Waals surface area contributed by atoms with Crippen molar-refractivity contribution < 1.29 is 8.42 Å². The second-order valence-corrected chi connectivity index (χ2v) is 8.10. The first kappa shape index (κ1) is 14.6. The van der Waals surface area contributed by atoms with Crippen molar-refractivity contribution in [3.8, 4) is 0 Å². The van der Waals surface area contributed by atoms with Gasteiger partial charge < -0.3 is 5.73 Å². The average Bonchev–Trinajstić information content (AvgIpc) is 3.11. The number of nitrogens with two attached hydrogens (primary N) is 1. The Bertz CT molecular complexity index is 739. The van der Waals surface area contributed by atoms with Gasteiger partial charge in [0.25, 0.3) is 0 Å². The van der Waals surface area contributed by atoms with Crippen LogP contribution < -0.4 is 5.73 Å². The summed E-state index contributed by atoms with van der Waals surface area (Å²) in [5.41, 5.74) is 7.01. The molecule has 1 unspecified atom stereocenters. The molecule has 0 spiro atoms. The van der Waals surface area contributed by atoms with Gasteiger partial charge in [0.15, 0.2) is 0 Å². The predicted octanol–water partition coefficient (Wildman–Crippen LogP) is 3.16. The number of nitrogens with zero attached hydrogens (tertiary/aromatic N) is 1. The molecule has 1 aliphatic rings. The Morgan fingerprint density at radius 3 is 2.81 bits per heavy atom. The normalized spacial score (nSPS) is 20.0. The lowest BCUT2D eigenvalue weighted by Gasteiger charge is -2.24. The molecule has 0 bridgehead atoms. The highest BCUT2D eigenvalue weighted by Crippen LogP contribution is 2.39. The molecule has 1 atom stereocenters. The molecule has 2 N–H and O–H groups in total. The molecule has 1 aliphatic heterocycles. The quantitative estimate of drug-likeness (QED) is 0.883. The summed E-state index contributed by atoms with van der Waals surface area (Å²) < 4.78 is 27.6. The Labute approximate surface area is 129 Å². The minimum Gasteiger partial charge on any atom is -0.398 e. The molecule has 1 aromatic heterocycles. The number of nitrogen functional groups attached to an aromatic ring is 1. The highest BCUT2D eigenvalue weighted by Gasteiger charge is 2.37. The maximum absolute atomic E-state index is 13.0. The highest BCUT2D eigenvalue weighted by atomic mass is 32.2. The lowest BCUT2D eigenvalue weighted by molar-refractivity contribution is 0.400. The lowest BCUT2D eigenvalue weighted by atomic mass is 10.2. The van der Waals surface area contributed by atoms with Gasteiger partial charge in [-0.1, -0.05) is 12.1 Å². The van der Waals surface area contributed by atoms with Gasteiger partial charge in [0.05, 0.1) is 10.9 Å². The fraction of sp³-hybridized carbons (Fsp3) is 0.333. The van der Waals surface area contributed by atoms with E-state index < -0.39 is 10.0 Å². The molecule has 1 fully saturated rings. The number of hydrogen-bond acceptors (Lipinski definition) is 4. The van der Waals surface area contributed by atoms with E-state index in [0.717, 1.165) is 17.7 Å². The zero-order valence-electron chi connectivity index (χ0n) is 11.8. The van der Waals surface area contributed by atoms with E-state index in [-0.39, 0.29) is 6.04 Å². The van der Waals surface area contributed by atoms with Crippen LogP contribution in [0, 0.1) is 6.92 Å². The van der Waals surface area contributed by atoms with Gasteiger partial charge in [-0.05, 0) is 48.9 Å². The fourth-order valence-corrected chi connectivity index (χ4v) is 5.70. The molecule has 0 saturated carbocycles. The number of hydrogen-bond donors (Lipinski definition) is 1. The SMILES string of the molecule is Cc1c(N)cccc1S(=O)(=O)N1CCCC1c1cccs1. The lowest BCUT2D eigenvalue weighted by Crippen LogP contribution is -2.31. The summed E-state index contributed by atoms with van der Waals surface area (Å²) >= 11 is 1.61. The second kappa shape index (κ2) is 5.44. The van der Waals surface area contributed by atoms with E-state index in [1.54, 1.807) is 40.8 Å². The van der Waals surface area contributed by atoms with Crippen molar-refractivity contribution in [2.45, 2.75) is 30.7 Å². The summed E-state index contributed by atoms with van der Waals surface area (Å²) in [5, 5.41) is 1.99. The van der Waals surface area contributed by atoms with E-state index in [4.69, 9.17) is 5.73 Å². The summed E-state index contributed by atoms with van der Waals surface area (Å²) in [4.78, 5) is 1.43. The summed E-state index contributed by atoms with van der Waals surface area (Å²) in [7, 11) is -3.51. The molecule has 112 valence electrons. The Hall–Kier alpha value is -1.37. The molecule has 2 aromatic rings. The van der Waals surface area contributed by atoms with E-state index in [9.17, 15) is 8.42 Å². The van der Waals surface area contributed by atoms with Gasteiger partial charge in [-0.25, -0.2) is 8.42 Å². The third kappa shape index (κ3) is 2.47. The number of rotatable bonds is 3. The molecule has 6 heteroatoms. The molecule has 1 aromatic carbocycles. The number of benzene rings is 1. The molecule has 0 amide bonds. The summed E-state index contributed by atoms with van der Waals surface area (Å²) in [5.74, 6) is 0. The second-order valence-electron chi connectivity index (χ2n) is 5.26. The van der Waals surface area contributed by atoms with E-state index in [0.29, 0.717) is 22.7 Å². The smallest absolute Gasteiger partial charge is 0.243 e. The van der Waals surface area contributed by atoms with Crippen LogP contribution in [0.4, 0.5) is 5.69 Å². The van der Waals surface area contributed by atoms with Crippen LogP contribution in [0.2, 0.25) is 0 Å². The zero-order chi connectivity index (χ0) is 15.0. The van der Waals surface area contributed by atoms with Gasteiger partial charge in [0.1, 0.15) is 0 Å². The monoisotopic (exact) mass is 322 g/mol. The van der Waals surface area contributed by atoms with Gasteiger partial charge in [-0.3, -0.25) is 0 Å². The maximum Gasteiger partial charge on any atom is 0.243 e. The predicted molar refractivity (Wildman–Crippen MR) is 85.8 cm³/mol. The van der Waals surface area contributed by atoms with Crippen LogP contribution >= 0.6 is 11.3 Å². The Balaban J connectivity index is 2.03. The number of sulfonamides is 1. The van der Waals surface area contributed by atoms with Crippen LogP contribution in [0.25, 0.3) is 0 Å². The van der Waals surface area contributed by atoms with E-state index >= 15 is 0 Å². The van der Waals surface area contributed by atoms with Crippen LogP contribution in [0.15, 0.2) is 40.6 Å². The van der Waals surface area contributed by atoms with Crippen molar-refractivity contribution in [2.75, 3.05) is 12.3 Å². The van der Waals surface area contributed by atoms with Crippen LogP contribution in [0.1, 0.15) is 29.3 Å². The molecule has 3 rings (SSSR count). The highest BCUT2D eigenvalue weighted by molar-refractivity contribution is 7.89. The van der Waals surface area contributed by atoms with Crippen LogP contribution in [-0.2, 0) is 10.0 Å². The van der Waals surface area contributed by atoms with Gasteiger partial charge in [-0.15, -0.1) is 11.3 Å². The van der Waals surface area contributed by atoms with E-state index in [1.807, 2.05) is 17.5 Å². The molecule has 21 heavy (non-hydrogen) atoms. The summed E-state index contributed by atoms with van der Waals surface area (Å²) in [6.45, 7) is 2.33. The molecule has 0 aliphatic carbocycles. The molecule has 1 saturated heterocycles. The summed E-state index contributed by atoms with van der Waals surface area (Å²) in [6.07, 6.45) is 1.77. The number of thiophene rings is 1. The largest absolute Gasteiger partial charge is 0.398 e. The van der Waals surface area contributed by atoms with Crippen molar-refractivity contribution in [1.29, 1.82) is 0 Å². The van der Waals surface area contributed by atoms with Crippen LogP contribution in [0.3, 0.4) is 0 Å². The first-order valence-corrected chi connectivity index (χ1v) is 9.24. The van der Waals surface area contributed by atoms with Crippen LogP contribution in [0.5, 0.6) is 0 Å². The molecular weight excluding hydrogens is 304 g/mol. The van der Waals surface area contributed by atoms with E-state index in [2.05, 4.69) is 0 Å². The van der Waals surface area contributed by atoms with Crippen molar-refractivity contribution in [3.05, 3.63) is 46.2 Å². The van der Waals surface area contributed by atoms with Gasteiger partial charge in [0.2, 0.25) is 10.0 Å². The zero-order valence-corrected chi connectivity index (χ0v) is 13.5. The fourth-order valence-electron chi connectivity index (χ4n) is 2.83. The molecule has 4 nitrogen and oxygen atoms in total. The molecule has 2 heterocycles. The van der Waals surface area contributed by atoms with Crippen molar-refractivity contribution in [2.24, 2.45) is 0 Å². The first-order chi connectivity index (χ1) is 10.0. The van der Waals surface area contributed by atoms with Gasteiger partial charge >= 0.3 is 0 Å². The van der Waals surface area contributed by atoms with Crippen molar-refractivity contribution in [1.82, 2.24) is 4.31 Å². The van der Waals surface area contributed by atoms with Crippen molar-refractivity contribution in [3.63, 3.8) is 0 Å². The number of anilines is 1. The standard InChI is InChI=1S/C15H18N2O2S2/c1-11-12(16)5-2-8-15(11)21(18,19)17-9-3-6-13(17)14-7-4-10-20-14/h2,4-5,7-8,10,13H,3,6,9,16H2,1H3. The topological polar surface area (TPSA) is 63.4 Å². The third-order valence-corrected chi connectivity index (χ3v) is 7.01. The summed E-state index contributed by atoms with van der Waals surface area (Å²) in [6, 6.07) is 9.01. The van der Waals surface area contributed by atoms with Crippen molar-refractivity contribution >= 4 is 27.0 Å². The maximum atomic E-state index is 13.0. The third-order valence-electron chi connectivity index (χ3n) is 3.99. The van der Waals surface area contributed by atoms with Gasteiger partial charge in [-0.2, -0.15) is 4.31 Å².